The van der Waals surface area contributed by atoms with Crippen molar-refractivity contribution >= 4 is 0 Å². The van der Waals surface area contributed by atoms with Crippen molar-refractivity contribution in [3.05, 3.63) is 0 Å². The zero-order valence-electron chi connectivity index (χ0n) is 10.9. The molecule has 1 fully saturated rings. The summed E-state index contributed by atoms with van der Waals surface area (Å²) in [5.74, 6) is 0.938. The molecule has 1 saturated heterocycles. The van der Waals surface area contributed by atoms with E-state index in [2.05, 4.69) is 26.1 Å². The van der Waals surface area contributed by atoms with Gasteiger partial charge in [-0.1, -0.05) is 46.5 Å². The molecule has 0 aliphatic carbocycles. The van der Waals surface area contributed by atoms with Crippen molar-refractivity contribution in [2.24, 2.45) is 11.3 Å². The summed E-state index contributed by atoms with van der Waals surface area (Å²) in [6.07, 6.45) is 9.81. The van der Waals surface area contributed by atoms with Crippen LogP contribution in [0.25, 0.3) is 0 Å². The van der Waals surface area contributed by atoms with Crippen LogP contribution in [0, 0.1) is 11.3 Å². The quantitative estimate of drug-likeness (QED) is 0.700. The van der Waals surface area contributed by atoms with E-state index < -0.39 is 0 Å². The minimum atomic E-state index is 0.678. The number of hydrogen-bond donors (Lipinski definition) is 1. The van der Waals surface area contributed by atoms with Gasteiger partial charge in [0.25, 0.3) is 0 Å². The minimum Gasteiger partial charge on any atom is -0.316 e. The monoisotopic (exact) mass is 211 g/mol. The molecule has 2 unspecified atom stereocenters. The van der Waals surface area contributed by atoms with Crippen LogP contribution < -0.4 is 5.32 Å². The fraction of sp³-hybridized carbons (Fsp3) is 1.00. The molecule has 0 bridgehead atoms. The molecule has 0 radical (unpaired) electrons. The molecule has 15 heavy (non-hydrogen) atoms. The number of nitrogens with one attached hydrogen (secondary N) is 1. The van der Waals surface area contributed by atoms with E-state index in [-0.39, 0.29) is 0 Å². The molecule has 1 N–H and O–H groups in total. The maximum Gasteiger partial charge on any atom is -0.00152 e. The Labute approximate surface area is 96.0 Å². The summed E-state index contributed by atoms with van der Waals surface area (Å²) in [5, 5.41) is 3.59. The molecule has 1 heteroatoms. The molecule has 0 aromatic rings. The number of hydrogen-bond acceptors (Lipinski definition) is 1. The minimum absolute atomic E-state index is 0.678. The van der Waals surface area contributed by atoms with Gasteiger partial charge >= 0.3 is 0 Å². The highest BCUT2D eigenvalue weighted by molar-refractivity contribution is 4.90. The van der Waals surface area contributed by atoms with Crippen LogP contribution in [0.3, 0.4) is 0 Å². The zero-order valence-corrected chi connectivity index (χ0v) is 10.9. The molecule has 0 spiro atoms. The predicted octanol–water partition coefficient (Wildman–Crippen LogP) is 3.98. The Balaban J connectivity index is 2.61. The molecule has 1 nitrogen and oxygen atoms in total. The Hall–Kier alpha value is -0.0400. The molecule has 90 valence electrons. The van der Waals surface area contributed by atoms with Crippen molar-refractivity contribution in [3.8, 4) is 0 Å². The molecule has 2 atom stereocenters. The Morgan fingerprint density at radius 1 is 1.20 bits per heavy atom. The first-order valence-corrected chi connectivity index (χ1v) is 6.99. The standard InChI is InChI=1S/C14H29N/c1-4-7-9-14(6-3)10-11-15-12-13(14)8-5-2/h13,15H,4-12H2,1-3H3. The van der Waals surface area contributed by atoms with E-state index in [1.54, 1.807) is 0 Å². The van der Waals surface area contributed by atoms with Crippen LogP contribution in [0.15, 0.2) is 0 Å². The third-order valence-corrected chi connectivity index (χ3v) is 4.43. The largest absolute Gasteiger partial charge is 0.316 e. The zero-order chi connectivity index (χ0) is 11.1. The van der Waals surface area contributed by atoms with Gasteiger partial charge in [-0.3, -0.25) is 0 Å². The van der Waals surface area contributed by atoms with Gasteiger partial charge in [0.15, 0.2) is 0 Å². The Morgan fingerprint density at radius 3 is 2.60 bits per heavy atom. The van der Waals surface area contributed by atoms with Gasteiger partial charge in [0.05, 0.1) is 0 Å². The highest BCUT2D eigenvalue weighted by atomic mass is 14.9. The lowest BCUT2D eigenvalue weighted by Crippen LogP contribution is -2.44. The van der Waals surface area contributed by atoms with E-state index in [1.807, 2.05) is 0 Å². The van der Waals surface area contributed by atoms with Gasteiger partial charge in [0.2, 0.25) is 0 Å². The summed E-state index contributed by atoms with van der Waals surface area (Å²) in [4.78, 5) is 0. The lowest BCUT2D eigenvalue weighted by Gasteiger charge is -2.44. The van der Waals surface area contributed by atoms with E-state index in [1.165, 1.54) is 58.0 Å². The van der Waals surface area contributed by atoms with Crippen LogP contribution >= 0.6 is 0 Å². The predicted molar refractivity (Wildman–Crippen MR) is 68.1 cm³/mol. The summed E-state index contributed by atoms with van der Waals surface area (Å²) in [6, 6.07) is 0. The Morgan fingerprint density at radius 2 is 2.00 bits per heavy atom. The highest BCUT2D eigenvalue weighted by Gasteiger charge is 2.37. The number of rotatable bonds is 6. The fourth-order valence-electron chi connectivity index (χ4n) is 3.29. The van der Waals surface area contributed by atoms with Gasteiger partial charge in [-0.25, -0.2) is 0 Å². The van der Waals surface area contributed by atoms with E-state index in [0.717, 1.165) is 5.92 Å². The molecule has 1 aliphatic rings. The molecule has 0 amide bonds. The smallest absolute Gasteiger partial charge is 0.00152 e. The molecule has 1 aliphatic heterocycles. The maximum atomic E-state index is 3.59. The molecule has 0 saturated carbocycles. The van der Waals surface area contributed by atoms with E-state index >= 15 is 0 Å². The van der Waals surface area contributed by atoms with Gasteiger partial charge in [-0.05, 0) is 43.7 Å². The number of piperidine rings is 1. The van der Waals surface area contributed by atoms with Crippen molar-refractivity contribution in [2.75, 3.05) is 13.1 Å². The molecular weight excluding hydrogens is 182 g/mol. The first-order chi connectivity index (χ1) is 7.29. The van der Waals surface area contributed by atoms with Crippen LogP contribution in [-0.2, 0) is 0 Å². The van der Waals surface area contributed by atoms with Gasteiger partial charge < -0.3 is 5.32 Å². The van der Waals surface area contributed by atoms with Crippen molar-refractivity contribution in [2.45, 2.75) is 65.7 Å². The molecule has 1 heterocycles. The summed E-state index contributed by atoms with van der Waals surface area (Å²) in [6.45, 7) is 9.57. The second-order valence-electron chi connectivity index (χ2n) is 5.26. The second-order valence-corrected chi connectivity index (χ2v) is 5.26. The maximum absolute atomic E-state index is 3.59. The van der Waals surface area contributed by atoms with E-state index in [0.29, 0.717) is 5.41 Å². The molecule has 0 aromatic carbocycles. The lowest BCUT2D eigenvalue weighted by atomic mass is 9.64. The van der Waals surface area contributed by atoms with Crippen LogP contribution in [-0.4, -0.2) is 13.1 Å². The van der Waals surface area contributed by atoms with Crippen LogP contribution in [0.5, 0.6) is 0 Å². The van der Waals surface area contributed by atoms with Crippen molar-refractivity contribution in [3.63, 3.8) is 0 Å². The topological polar surface area (TPSA) is 12.0 Å². The van der Waals surface area contributed by atoms with Crippen molar-refractivity contribution in [1.82, 2.24) is 5.32 Å². The summed E-state index contributed by atoms with van der Waals surface area (Å²) >= 11 is 0. The summed E-state index contributed by atoms with van der Waals surface area (Å²) in [5.41, 5.74) is 0.678. The second kappa shape index (κ2) is 6.52. The third kappa shape index (κ3) is 3.21. The normalized spacial score (nSPS) is 31.8. The fourth-order valence-corrected chi connectivity index (χ4v) is 3.29. The molecular formula is C14H29N. The average Bonchev–Trinajstić information content (AvgIpc) is 2.29. The van der Waals surface area contributed by atoms with Crippen LogP contribution in [0.1, 0.15) is 65.7 Å². The van der Waals surface area contributed by atoms with Crippen molar-refractivity contribution in [1.29, 1.82) is 0 Å². The van der Waals surface area contributed by atoms with Gasteiger partial charge in [0.1, 0.15) is 0 Å². The SMILES string of the molecule is CCCCC1(CC)CCNCC1CCC. The first kappa shape index (κ1) is 13.0. The Kier molecular flexibility index (Phi) is 5.66. The summed E-state index contributed by atoms with van der Waals surface area (Å²) in [7, 11) is 0. The number of unbranched alkanes of at least 4 members (excludes halogenated alkanes) is 1. The average molecular weight is 211 g/mol. The molecule has 1 rings (SSSR count). The van der Waals surface area contributed by atoms with Gasteiger partial charge in [-0.2, -0.15) is 0 Å². The van der Waals surface area contributed by atoms with Gasteiger partial charge in [-0.15, -0.1) is 0 Å². The Bertz CT molecular complexity index is 165. The highest BCUT2D eigenvalue weighted by Crippen LogP contribution is 2.43. The van der Waals surface area contributed by atoms with E-state index in [9.17, 15) is 0 Å². The summed E-state index contributed by atoms with van der Waals surface area (Å²) < 4.78 is 0. The van der Waals surface area contributed by atoms with Crippen LogP contribution in [0.4, 0.5) is 0 Å². The third-order valence-electron chi connectivity index (χ3n) is 4.43. The van der Waals surface area contributed by atoms with Gasteiger partial charge in [0, 0.05) is 0 Å². The molecule has 0 aromatic heterocycles. The first-order valence-electron chi connectivity index (χ1n) is 6.99. The van der Waals surface area contributed by atoms with Crippen molar-refractivity contribution < 1.29 is 0 Å². The van der Waals surface area contributed by atoms with E-state index in [4.69, 9.17) is 0 Å². The lowest BCUT2D eigenvalue weighted by molar-refractivity contribution is 0.0795. The van der Waals surface area contributed by atoms with Crippen LogP contribution in [0.2, 0.25) is 0 Å².